The van der Waals surface area contributed by atoms with E-state index in [-0.39, 0.29) is 12.0 Å². The summed E-state index contributed by atoms with van der Waals surface area (Å²) in [6, 6.07) is 7.88. The van der Waals surface area contributed by atoms with Crippen LogP contribution in [0.3, 0.4) is 0 Å². The Bertz CT molecular complexity index is 571. The molecule has 0 radical (unpaired) electrons. The van der Waals surface area contributed by atoms with E-state index in [0.717, 1.165) is 5.56 Å². The van der Waals surface area contributed by atoms with E-state index in [0.29, 0.717) is 30.7 Å². The highest BCUT2D eigenvalue weighted by molar-refractivity contribution is 6.30. The van der Waals surface area contributed by atoms with Crippen LogP contribution in [0.1, 0.15) is 19.4 Å². The van der Waals surface area contributed by atoms with Gasteiger partial charge in [0.25, 0.3) is 0 Å². The standard InChI is InChI=1S/C14H17ClN4O2/c1-3-16-12-17-13(20-4-2)19-14(18-12)21-9-10-6-5-7-11(15)8-10/h5-8H,3-4,9H2,1-2H3,(H,16,17,18,19). The molecule has 1 heterocycles. The monoisotopic (exact) mass is 308 g/mol. The normalized spacial score (nSPS) is 10.2. The number of nitrogens with zero attached hydrogens (tertiary/aromatic N) is 3. The van der Waals surface area contributed by atoms with Crippen molar-refractivity contribution in [3.05, 3.63) is 34.9 Å². The Morgan fingerprint density at radius 2 is 1.86 bits per heavy atom. The summed E-state index contributed by atoms with van der Waals surface area (Å²) in [5, 5.41) is 3.67. The smallest absolute Gasteiger partial charge is 0.324 e. The number of anilines is 1. The van der Waals surface area contributed by atoms with E-state index < -0.39 is 0 Å². The van der Waals surface area contributed by atoms with Crippen LogP contribution in [0, 0.1) is 0 Å². The maximum atomic E-state index is 5.93. The number of nitrogens with one attached hydrogen (secondary N) is 1. The Hall–Kier alpha value is -2.08. The second kappa shape index (κ2) is 7.64. The highest BCUT2D eigenvalue weighted by atomic mass is 35.5. The minimum absolute atomic E-state index is 0.212. The number of aromatic nitrogens is 3. The van der Waals surface area contributed by atoms with Crippen molar-refractivity contribution in [2.45, 2.75) is 20.5 Å². The van der Waals surface area contributed by atoms with E-state index in [1.807, 2.05) is 38.1 Å². The van der Waals surface area contributed by atoms with Crippen LogP contribution in [-0.4, -0.2) is 28.1 Å². The van der Waals surface area contributed by atoms with Crippen LogP contribution >= 0.6 is 11.6 Å². The highest BCUT2D eigenvalue weighted by Crippen LogP contribution is 2.16. The molecule has 112 valence electrons. The fourth-order valence-electron chi connectivity index (χ4n) is 1.61. The molecule has 0 fully saturated rings. The van der Waals surface area contributed by atoms with Crippen LogP contribution in [0.15, 0.2) is 24.3 Å². The molecule has 1 N–H and O–H groups in total. The lowest BCUT2D eigenvalue weighted by Gasteiger charge is -2.09. The predicted octanol–water partition coefficient (Wildman–Crippen LogP) is 2.93. The first-order chi connectivity index (χ1) is 10.2. The van der Waals surface area contributed by atoms with E-state index in [4.69, 9.17) is 21.1 Å². The van der Waals surface area contributed by atoms with Gasteiger partial charge in [0.15, 0.2) is 0 Å². The average Bonchev–Trinajstić information content (AvgIpc) is 2.46. The van der Waals surface area contributed by atoms with Crippen molar-refractivity contribution in [1.82, 2.24) is 15.0 Å². The summed E-state index contributed by atoms with van der Waals surface area (Å²) in [5.41, 5.74) is 0.936. The van der Waals surface area contributed by atoms with Gasteiger partial charge in [0, 0.05) is 11.6 Å². The molecule has 0 aliphatic carbocycles. The molecule has 21 heavy (non-hydrogen) atoms. The predicted molar refractivity (Wildman–Crippen MR) is 80.9 cm³/mol. The molecule has 0 saturated heterocycles. The van der Waals surface area contributed by atoms with Gasteiger partial charge in [-0.05, 0) is 31.5 Å². The Labute approximate surface area is 128 Å². The van der Waals surface area contributed by atoms with Crippen molar-refractivity contribution in [3.8, 4) is 12.0 Å². The number of hydrogen-bond donors (Lipinski definition) is 1. The van der Waals surface area contributed by atoms with Crippen molar-refractivity contribution < 1.29 is 9.47 Å². The number of ether oxygens (including phenoxy) is 2. The minimum atomic E-state index is 0.212. The van der Waals surface area contributed by atoms with Gasteiger partial charge in [-0.25, -0.2) is 0 Å². The van der Waals surface area contributed by atoms with Gasteiger partial charge in [-0.15, -0.1) is 4.98 Å². The average molecular weight is 309 g/mol. The molecule has 0 aliphatic rings. The largest absolute Gasteiger partial charge is 0.464 e. The molecule has 0 bridgehead atoms. The Balaban J connectivity index is 2.10. The van der Waals surface area contributed by atoms with Crippen LogP contribution in [0.25, 0.3) is 0 Å². The Kier molecular flexibility index (Phi) is 5.57. The fraction of sp³-hybridized carbons (Fsp3) is 0.357. The van der Waals surface area contributed by atoms with Crippen molar-refractivity contribution in [2.75, 3.05) is 18.5 Å². The molecule has 1 aromatic carbocycles. The zero-order valence-electron chi connectivity index (χ0n) is 12.0. The van der Waals surface area contributed by atoms with E-state index >= 15 is 0 Å². The molecule has 0 unspecified atom stereocenters. The lowest BCUT2D eigenvalue weighted by molar-refractivity contribution is 0.261. The van der Waals surface area contributed by atoms with Gasteiger partial charge in [0.2, 0.25) is 5.95 Å². The quantitative estimate of drug-likeness (QED) is 0.848. The summed E-state index contributed by atoms with van der Waals surface area (Å²) < 4.78 is 10.9. The molecular formula is C14H17ClN4O2. The van der Waals surface area contributed by atoms with Gasteiger partial charge in [0.1, 0.15) is 6.61 Å². The van der Waals surface area contributed by atoms with E-state index in [1.54, 1.807) is 0 Å². The topological polar surface area (TPSA) is 69.2 Å². The van der Waals surface area contributed by atoms with Gasteiger partial charge in [0.05, 0.1) is 6.61 Å². The fourth-order valence-corrected chi connectivity index (χ4v) is 1.82. The third kappa shape index (κ3) is 4.75. The third-order valence-corrected chi connectivity index (χ3v) is 2.69. The summed E-state index contributed by atoms with van der Waals surface area (Å²) in [7, 11) is 0. The Morgan fingerprint density at radius 1 is 1.10 bits per heavy atom. The third-order valence-electron chi connectivity index (χ3n) is 2.46. The first kappa shape index (κ1) is 15.3. The second-order valence-corrected chi connectivity index (χ2v) is 4.54. The SMILES string of the molecule is CCNc1nc(OCC)nc(OCc2cccc(Cl)c2)n1. The number of benzene rings is 1. The molecule has 0 spiro atoms. The summed E-state index contributed by atoms with van der Waals surface area (Å²) in [5.74, 6) is 0.428. The zero-order valence-corrected chi connectivity index (χ0v) is 12.7. The number of rotatable bonds is 7. The molecule has 2 rings (SSSR count). The summed E-state index contributed by atoms with van der Waals surface area (Å²) in [6.45, 7) is 5.31. The molecule has 2 aromatic rings. The maximum absolute atomic E-state index is 5.93. The lowest BCUT2D eigenvalue weighted by atomic mass is 10.2. The molecule has 1 aromatic heterocycles. The zero-order chi connectivity index (χ0) is 15.1. The molecule has 0 aliphatic heterocycles. The first-order valence-electron chi connectivity index (χ1n) is 6.71. The maximum Gasteiger partial charge on any atom is 0.324 e. The van der Waals surface area contributed by atoms with Crippen LogP contribution < -0.4 is 14.8 Å². The van der Waals surface area contributed by atoms with Crippen LogP contribution in [0.4, 0.5) is 5.95 Å². The lowest BCUT2D eigenvalue weighted by Crippen LogP contribution is -2.09. The van der Waals surface area contributed by atoms with E-state index in [9.17, 15) is 0 Å². The van der Waals surface area contributed by atoms with Crippen molar-refractivity contribution in [2.24, 2.45) is 0 Å². The van der Waals surface area contributed by atoms with Crippen LogP contribution in [0.2, 0.25) is 5.02 Å². The van der Waals surface area contributed by atoms with Crippen LogP contribution in [0.5, 0.6) is 12.0 Å². The molecule has 7 heteroatoms. The highest BCUT2D eigenvalue weighted by Gasteiger charge is 2.08. The molecular weight excluding hydrogens is 292 g/mol. The van der Waals surface area contributed by atoms with Gasteiger partial charge in [-0.3, -0.25) is 0 Å². The van der Waals surface area contributed by atoms with Crippen molar-refractivity contribution in [3.63, 3.8) is 0 Å². The van der Waals surface area contributed by atoms with Gasteiger partial charge >= 0.3 is 12.0 Å². The summed E-state index contributed by atoms with van der Waals surface area (Å²) in [4.78, 5) is 12.4. The summed E-state index contributed by atoms with van der Waals surface area (Å²) in [6.07, 6.45) is 0. The van der Waals surface area contributed by atoms with Crippen LogP contribution in [-0.2, 0) is 6.61 Å². The van der Waals surface area contributed by atoms with Crippen molar-refractivity contribution >= 4 is 17.5 Å². The number of hydrogen-bond acceptors (Lipinski definition) is 6. The molecule has 0 amide bonds. The van der Waals surface area contributed by atoms with Gasteiger partial charge in [-0.2, -0.15) is 9.97 Å². The Morgan fingerprint density at radius 3 is 2.52 bits per heavy atom. The molecule has 0 atom stereocenters. The first-order valence-corrected chi connectivity index (χ1v) is 7.09. The van der Waals surface area contributed by atoms with Gasteiger partial charge < -0.3 is 14.8 Å². The molecule has 6 nitrogen and oxygen atoms in total. The van der Waals surface area contributed by atoms with E-state index in [2.05, 4.69) is 20.3 Å². The second-order valence-electron chi connectivity index (χ2n) is 4.11. The molecule has 0 saturated carbocycles. The van der Waals surface area contributed by atoms with Gasteiger partial charge in [-0.1, -0.05) is 23.7 Å². The van der Waals surface area contributed by atoms with Crippen molar-refractivity contribution in [1.29, 1.82) is 0 Å². The van der Waals surface area contributed by atoms with E-state index in [1.165, 1.54) is 0 Å². The summed E-state index contributed by atoms with van der Waals surface area (Å²) >= 11 is 5.93. The number of halogens is 1. The minimum Gasteiger partial charge on any atom is -0.464 e.